The quantitative estimate of drug-likeness (QED) is 0.698. The molecule has 2 aromatic rings. The minimum absolute atomic E-state index is 0.775. The number of pyridine rings is 1. The maximum absolute atomic E-state index is 5.19. The van der Waals surface area contributed by atoms with E-state index in [0.29, 0.717) is 0 Å². The van der Waals surface area contributed by atoms with Gasteiger partial charge in [0.05, 0.1) is 18.3 Å². The van der Waals surface area contributed by atoms with Crippen LogP contribution in [0.25, 0.3) is 5.52 Å². The fraction of sp³-hybridized carbons (Fsp3) is 0.300. The highest BCUT2D eigenvalue weighted by Crippen LogP contribution is 2.15. The second-order valence-corrected chi connectivity index (χ2v) is 2.89. The molecule has 0 aromatic carbocycles. The molecule has 0 saturated heterocycles. The summed E-state index contributed by atoms with van der Waals surface area (Å²) in [5, 5.41) is 4.39. The summed E-state index contributed by atoms with van der Waals surface area (Å²) >= 11 is 0. The third-order valence-electron chi connectivity index (χ3n) is 2.07. The van der Waals surface area contributed by atoms with Crippen molar-refractivity contribution in [2.75, 3.05) is 7.11 Å². The standard InChI is InChI=1S/C10H12N2O/c1-3-8-7-9-5-4-6-10(13-2)12(9)11-8/h4-7H,3H2,1-2H3. The van der Waals surface area contributed by atoms with Gasteiger partial charge in [-0.3, -0.25) is 0 Å². The molecule has 0 spiro atoms. The highest BCUT2D eigenvalue weighted by molar-refractivity contribution is 5.49. The zero-order valence-electron chi connectivity index (χ0n) is 7.82. The summed E-state index contributed by atoms with van der Waals surface area (Å²) in [5.74, 6) is 0.775. The molecule has 2 heterocycles. The predicted octanol–water partition coefficient (Wildman–Crippen LogP) is 1.91. The van der Waals surface area contributed by atoms with E-state index in [2.05, 4.69) is 18.1 Å². The Morgan fingerprint density at radius 2 is 2.31 bits per heavy atom. The van der Waals surface area contributed by atoms with Gasteiger partial charge in [-0.2, -0.15) is 5.10 Å². The van der Waals surface area contributed by atoms with Gasteiger partial charge in [-0.1, -0.05) is 13.0 Å². The zero-order valence-corrected chi connectivity index (χ0v) is 7.82. The number of aryl methyl sites for hydroxylation is 1. The first kappa shape index (κ1) is 8.10. The summed E-state index contributed by atoms with van der Waals surface area (Å²) in [5.41, 5.74) is 2.17. The number of nitrogens with zero attached hydrogens (tertiary/aromatic N) is 2. The van der Waals surface area contributed by atoms with Crippen LogP contribution in [0.5, 0.6) is 5.88 Å². The average Bonchev–Trinajstić information content (AvgIpc) is 2.59. The lowest BCUT2D eigenvalue weighted by Crippen LogP contribution is -1.95. The van der Waals surface area contributed by atoms with Crippen molar-refractivity contribution in [3.8, 4) is 5.88 Å². The SMILES string of the molecule is CCc1cc2cccc(OC)n2n1. The second kappa shape index (κ2) is 3.09. The topological polar surface area (TPSA) is 26.5 Å². The number of hydrogen-bond donors (Lipinski definition) is 0. The molecule has 3 nitrogen and oxygen atoms in total. The van der Waals surface area contributed by atoms with Crippen molar-refractivity contribution in [1.29, 1.82) is 0 Å². The van der Waals surface area contributed by atoms with Crippen LogP contribution in [0.4, 0.5) is 0 Å². The third kappa shape index (κ3) is 1.26. The van der Waals surface area contributed by atoms with Gasteiger partial charge < -0.3 is 4.74 Å². The van der Waals surface area contributed by atoms with Gasteiger partial charge >= 0.3 is 0 Å². The van der Waals surface area contributed by atoms with Crippen LogP contribution in [0.2, 0.25) is 0 Å². The lowest BCUT2D eigenvalue weighted by Gasteiger charge is -2.00. The Kier molecular flexibility index (Phi) is 1.93. The average molecular weight is 176 g/mol. The molecule has 0 aliphatic heterocycles. The number of aromatic nitrogens is 2. The van der Waals surface area contributed by atoms with E-state index in [-0.39, 0.29) is 0 Å². The Balaban J connectivity index is 2.67. The molecule has 0 radical (unpaired) electrons. The molecule has 0 bridgehead atoms. The van der Waals surface area contributed by atoms with E-state index in [9.17, 15) is 0 Å². The summed E-state index contributed by atoms with van der Waals surface area (Å²) in [6.45, 7) is 2.09. The van der Waals surface area contributed by atoms with Crippen molar-refractivity contribution >= 4 is 5.52 Å². The monoisotopic (exact) mass is 176 g/mol. The third-order valence-corrected chi connectivity index (χ3v) is 2.07. The predicted molar refractivity (Wildman–Crippen MR) is 51.1 cm³/mol. The first-order valence-electron chi connectivity index (χ1n) is 4.37. The molecule has 2 aromatic heterocycles. The smallest absolute Gasteiger partial charge is 0.214 e. The van der Waals surface area contributed by atoms with E-state index in [1.165, 1.54) is 0 Å². The number of rotatable bonds is 2. The van der Waals surface area contributed by atoms with Crippen molar-refractivity contribution < 1.29 is 4.74 Å². The van der Waals surface area contributed by atoms with E-state index < -0.39 is 0 Å². The molecule has 0 amide bonds. The summed E-state index contributed by atoms with van der Waals surface area (Å²) in [4.78, 5) is 0. The molecule has 2 rings (SSSR count). The lowest BCUT2D eigenvalue weighted by molar-refractivity contribution is 0.385. The minimum Gasteiger partial charge on any atom is -0.481 e. The Morgan fingerprint density at radius 3 is 3.00 bits per heavy atom. The van der Waals surface area contributed by atoms with Crippen LogP contribution >= 0.6 is 0 Å². The largest absolute Gasteiger partial charge is 0.481 e. The molecule has 0 N–H and O–H groups in total. The van der Waals surface area contributed by atoms with Crippen molar-refractivity contribution in [2.45, 2.75) is 13.3 Å². The Bertz CT molecular complexity index is 420. The van der Waals surface area contributed by atoms with Gasteiger partial charge in [-0.25, -0.2) is 4.52 Å². The molecule has 13 heavy (non-hydrogen) atoms. The van der Waals surface area contributed by atoms with Crippen LogP contribution in [0.15, 0.2) is 24.3 Å². The maximum Gasteiger partial charge on any atom is 0.214 e. The van der Waals surface area contributed by atoms with Gasteiger partial charge in [0.2, 0.25) is 5.88 Å². The molecule has 0 fully saturated rings. The van der Waals surface area contributed by atoms with Gasteiger partial charge in [0.25, 0.3) is 0 Å². The van der Waals surface area contributed by atoms with Crippen LogP contribution in [0.1, 0.15) is 12.6 Å². The van der Waals surface area contributed by atoms with Gasteiger partial charge in [0.15, 0.2) is 0 Å². The second-order valence-electron chi connectivity index (χ2n) is 2.89. The van der Waals surface area contributed by atoms with Gasteiger partial charge in [-0.15, -0.1) is 0 Å². The van der Waals surface area contributed by atoms with E-state index in [4.69, 9.17) is 4.74 Å². The van der Waals surface area contributed by atoms with Crippen molar-refractivity contribution in [3.63, 3.8) is 0 Å². The number of methoxy groups -OCH3 is 1. The van der Waals surface area contributed by atoms with Crippen molar-refractivity contribution in [1.82, 2.24) is 9.61 Å². The molecule has 0 aliphatic rings. The van der Waals surface area contributed by atoms with Gasteiger partial charge in [-0.05, 0) is 18.6 Å². The highest BCUT2D eigenvalue weighted by Gasteiger charge is 2.02. The molecule has 0 saturated carbocycles. The molecule has 0 aliphatic carbocycles. The summed E-state index contributed by atoms with van der Waals surface area (Å²) in [6.07, 6.45) is 0.949. The molecule has 0 atom stereocenters. The van der Waals surface area contributed by atoms with E-state index in [0.717, 1.165) is 23.5 Å². The first-order chi connectivity index (χ1) is 6.35. The van der Waals surface area contributed by atoms with Crippen LogP contribution in [0.3, 0.4) is 0 Å². The fourth-order valence-electron chi connectivity index (χ4n) is 1.37. The molecule has 0 unspecified atom stereocenters. The molecular weight excluding hydrogens is 164 g/mol. The number of fused-ring (bicyclic) bond motifs is 1. The Hall–Kier alpha value is -1.51. The highest BCUT2D eigenvalue weighted by atomic mass is 16.5. The van der Waals surface area contributed by atoms with E-state index >= 15 is 0 Å². The van der Waals surface area contributed by atoms with Crippen molar-refractivity contribution in [3.05, 3.63) is 30.0 Å². The number of ether oxygens (including phenoxy) is 1. The van der Waals surface area contributed by atoms with Crippen LogP contribution in [-0.2, 0) is 6.42 Å². The van der Waals surface area contributed by atoms with Crippen LogP contribution in [0, 0.1) is 0 Å². The van der Waals surface area contributed by atoms with Gasteiger partial charge in [0.1, 0.15) is 0 Å². The molecule has 68 valence electrons. The summed E-state index contributed by atoms with van der Waals surface area (Å²) in [6, 6.07) is 7.96. The lowest BCUT2D eigenvalue weighted by atomic mass is 10.3. The van der Waals surface area contributed by atoms with E-state index in [1.54, 1.807) is 7.11 Å². The normalized spacial score (nSPS) is 10.6. The zero-order chi connectivity index (χ0) is 9.26. The van der Waals surface area contributed by atoms with Crippen molar-refractivity contribution in [2.24, 2.45) is 0 Å². The summed E-state index contributed by atoms with van der Waals surface area (Å²) in [7, 11) is 1.65. The first-order valence-corrected chi connectivity index (χ1v) is 4.37. The molecule has 3 heteroatoms. The Morgan fingerprint density at radius 1 is 1.46 bits per heavy atom. The van der Waals surface area contributed by atoms with E-state index in [1.807, 2.05) is 22.7 Å². The molecular formula is C10H12N2O. The number of hydrogen-bond acceptors (Lipinski definition) is 2. The summed E-state index contributed by atoms with van der Waals surface area (Å²) < 4.78 is 7.00. The maximum atomic E-state index is 5.19. The Labute approximate surface area is 76.9 Å². The minimum atomic E-state index is 0.775. The van der Waals surface area contributed by atoms with Gasteiger partial charge in [0, 0.05) is 6.07 Å². The van der Waals surface area contributed by atoms with Crippen LogP contribution in [-0.4, -0.2) is 16.7 Å². The fourth-order valence-corrected chi connectivity index (χ4v) is 1.37. The van der Waals surface area contributed by atoms with Crippen LogP contribution < -0.4 is 4.74 Å².